The van der Waals surface area contributed by atoms with Crippen LogP contribution in [0.2, 0.25) is 5.02 Å². The van der Waals surface area contributed by atoms with E-state index in [1.165, 1.54) is 28.6 Å². The normalized spacial score (nSPS) is 14.2. The first-order valence-electron chi connectivity index (χ1n) is 10.8. The highest BCUT2D eigenvalue weighted by atomic mass is 35.5. The molecule has 1 N–H and O–H groups in total. The lowest BCUT2D eigenvalue weighted by molar-refractivity contribution is 0.215. The van der Waals surface area contributed by atoms with Gasteiger partial charge in [0.15, 0.2) is 5.75 Å². The molecule has 1 heterocycles. The van der Waals surface area contributed by atoms with Crippen LogP contribution in [0.4, 0.5) is 10.5 Å². The maximum atomic E-state index is 12.8. The minimum absolute atomic E-state index is 0.172. The number of anilines is 1. The molecule has 1 aliphatic rings. The van der Waals surface area contributed by atoms with Gasteiger partial charge in [-0.1, -0.05) is 42.3 Å². The van der Waals surface area contributed by atoms with E-state index in [0.717, 1.165) is 24.8 Å². The van der Waals surface area contributed by atoms with E-state index in [0.29, 0.717) is 29.9 Å². The first kappa shape index (κ1) is 23.8. The van der Waals surface area contributed by atoms with Crippen molar-refractivity contribution < 1.29 is 17.9 Å². The monoisotopic (exact) mass is 495 g/mol. The summed E-state index contributed by atoms with van der Waals surface area (Å²) in [6.07, 6.45) is 2.00. The lowest BCUT2D eigenvalue weighted by Crippen LogP contribution is -2.35. The summed E-state index contributed by atoms with van der Waals surface area (Å²) in [7, 11) is -3.54. The number of nitrogens with zero attached hydrogens (tertiary/aromatic N) is 2. The average molecular weight is 496 g/mol. The first-order valence-corrected chi connectivity index (χ1v) is 12.6. The second-order valence-electron chi connectivity index (χ2n) is 7.81. The van der Waals surface area contributed by atoms with E-state index in [2.05, 4.69) is 11.4 Å². The Kier molecular flexibility index (Phi) is 7.17. The summed E-state index contributed by atoms with van der Waals surface area (Å²) in [6.45, 7) is 1.05. The summed E-state index contributed by atoms with van der Waals surface area (Å²) in [6, 6.07) is 20.0. The van der Waals surface area contributed by atoms with E-state index in [-0.39, 0.29) is 15.7 Å². The molecule has 0 aliphatic carbocycles. The molecule has 1 saturated heterocycles. The molecular formula is C25H22ClN3O4S. The van der Waals surface area contributed by atoms with Crippen LogP contribution in [-0.4, -0.2) is 31.9 Å². The second kappa shape index (κ2) is 10.3. The number of hydrogen-bond donors (Lipinski definition) is 1. The number of carbonyl (C=O) groups excluding carboxylic acids is 1. The Labute approximate surface area is 203 Å². The summed E-state index contributed by atoms with van der Waals surface area (Å²) >= 11 is 6.47. The summed E-state index contributed by atoms with van der Waals surface area (Å²) in [5, 5.41) is 11.8. The Hall–Kier alpha value is -3.38. The molecule has 0 spiro atoms. The van der Waals surface area contributed by atoms with Crippen LogP contribution in [0, 0.1) is 11.3 Å². The fourth-order valence-electron chi connectivity index (χ4n) is 3.74. The maximum Gasteiger partial charge on any atom is 0.417 e. The van der Waals surface area contributed by atoms with E-state index in [4.69, 9.17) is 21.6 Å². The van der Waals surface area contributed by atoms with Crippen molar-refractivity contribution in [2.75, 3.05) is 18.4 Å². The lowest BCUT2D eigenvalue weighted by Gasteiger charge is -2.25. The van der Waals surface area contributed by atoms with Crippen molar-refractivity contribution in [3.8, 4) is 22.9 Å². The fourth-order valence-corrected chi connectivity index (χ4v) is 5.54. The number of carbonyl (C=O) groups is 1. The van der Waals surface area contributed by atoms with Crippen LogP contribution in [0.3, 0.4) is 0 Å². The summed E-state index contributed by atoms with van der Waals surface area (Å²) < 4.78 is 32.4. The molecular weight excluding hydrogens is 474 g/mol. The zero-order valence-corrected chi connectivity index (χ0v) is 19.8. The van der Waals surface area contributed by atoms with Crippen molar-refractivity contribution in [1.29, 1.82) is 5.26 Å². The molecule has 7 nitrogen and oxygen atoms in total. The topological polar surface area (TPSA) is 99.5 Å². The van der Waals surface area contributed by atoms with Crippen LogP contribution in [-0.2, 0) is 10.0 Å². The molecule has 1 aliphatic heterocycles. The third-order valence-corrected chi connectivity index (χ3v) is 7.85. The van der Waals surface area contributed by atoms with Crippen molar-refractivity contribution >= 4 is 33.4 Å². The first-order chi connectivity index (χ1) is 16.4. The molecule has 0 aromatic heterocycles. The minimum Gasteiger partial charge on any atom is -0.408 e. The van der Waals surface area contributed by atoms with Gasteiger partial charge in [0, 0.05) is 24.3 Å². The van der Waals surface area contributed by atoms with Crippen LogP contribution in [0.5, 0.6) is 5.75 Å². The molecule has 174 valence electrons. The van der Waals surface area contributed by atoms with Crippen molar-refractivity contribution in [1.82, 2.24) is 4.31 Å². The van der Waals surface area contributed by atoms with Crippen molar-refractivity contribution in [3.05, 3.63) is 77.3 Å². The standard InChI is InChI=1S/C25H22ClN3O4S/c26-24-22(19-9-7-18(17-27)8-10-19)5-4-6-23(24)33-25(30)28-20-11-13-21(14-12-20)34(31,32)29-15-2-1-3-16-29/h4-14H,1-3,15-16H2,(H,28,30). The second-order valence-corrected chi connectivity index (χ2v) is 10.1. The van der Waals surface area contributed by atoms with E-state index in [9.17, 15) is 13.2 Å². The van der Waals surface area contributed by atoms with Gasteiger partial charge < -0.3 is 4.74 Å². The van der Waals surface area contributed by atoms with Crippen LogP contribution < -0.4 is 10.1 Å². The maximum absolute atomic E-state index is 12.8. The predicted molar refractivity (Wildman–Crippen MR) is 130 cm³/mol. The van der Waals surface area contributed by atoms with Crippen molar-refractivity contribution in [2.24, 2.45) is 0 Å². The van der Waals surface area contributed by atoms with Gasteiger partial charge in [-0.05, 0) is 60.9 Å². The Balaban J connectivity index is 1.44. The van der Waals surface area contributed by atoms with Gasteiger partial charge in [-0.2, -0.15) is 9.57 Å². The molecule has 3 aromatic rings. The molecule has 0 unspecified atom stereocenters. The number of ether oxygens (including phenoxy) is 1. The molecule has 4 rings (SSSR count). The van der Waals surface area contributed by atoms with Gasteiger partial charge in [0.05, 0.1) is 21.6 Å². The highest BCUT2D eigenvalue weighted by Gasteiger charge is 2.25. The highest BCUT2D eigenvalue weighted by molar-refractivity contribution is 7.89. The Morgan fingerprint density at radius 2 is 1.65 bits per heavy atom. The molecule has 0 bridgehead atoms. The lowest BCUT2D eigenvalue weighted by atomic mass is 10.0. The van der Waals surface area contributed by atoms with Crippen molar-refractivity contribution in [2.45, 2.75) is 24.2 Å². The van der Waals surface area contributed by atoms with Gasteiger partial charge in [0.2, 0.25) is 10.0 Å². The van der Waals surface area contributed by atoms with Gasteiger partial charge in [-0.3, -0.25) is 5.32 Å². The zero-order chi connectivity index (χ0) is 24.1. The average Bonchev–Trinajstić information content (AvgIpc) is 2.86. The molecule has 34 heavy (non-hydrogen) atoms. The third kappa shape index (κ3) is 5.23. The number of amides is 1. The summed E-state index contributed by atoms with van der Waals surface area (Å²) in [5.74, 6) is 0.172. The number of piperidine rings is 1. The smallest absolute Gasteiger partial charge is 0.408 e. The molecule has 0 atom stereocenters. The summed E-state index contributed by atoms with van der Waals surface area (Å²) in [4.78, 5) is 12.6. The number of nitriles is 1. The quantitative estimate of drug-likeness (QED) is 0.492. The minimum atomic E-state index is -3.54. The predicted octanol–water partition coefficient (Wildman–Crippen LogP) is 5.66. The molecule has 3 aromatic carbocycles. The van der Waals surface area contributed by atoms with Crippen LogP contribution in [0.25, 0.3) is 11.1 Å². The molecule has 1 amide bonds. The Bertz CT molecular complexity index is 1330. The van der Waals surface area contributed by atoms with Gasteiger partial charge in [-0.15, -0.1) is 0 Å². The number of halogens is 1. The fraction of sp³-hybridized carbons (Fsp3) is 0.200. The summed E-state index contributed by atoms with van der Waals surface area (Å²) in [5.41, 5.74) is 2.35. The SMILES string of the molecule is N#Cc1ccc(-c2cccc(OC(=O)Nc3ccc(S(=O)(=O)N4CCCCC4)cc3)c2Cl)cc1. The Morgan fingerprint density at radius 3 is 2.29 bits per heavy atom. The molecule has 0 radical (unpaired) electrons. The van der Waals surface area contributed by atoms with Crippen molar-refractivity contribution in [3.63, 3.8) is 0 Å². The largest absolute Gasteiger partial charge is 0.417 e. The van der Waals surface area contributed by atoms with Gasteiger partial charge >= 0.3 is 6.09 Å². The van der Waals surface area contributed by atoms with E-state index < -0.39 is 16.1 Å². The van der Waals surface area contributed by atoms with Crippen LogP contribution >= 0.6 is 11.6 Å². The van der Waals surface area contributed by atoms with Crippen LogP contribution in [0.1, 0.15) is 24.8 Å². The Morgan fingerprint density at radius 1 is 0.971 bits per heavy atom. The van der Waals surface area contributed by atoms with E-state index >= 15 is 0 Å². The highest BCUT2D eigenvalue weighted by Crippen LogP contribution is 2.35. The number of sulfonamides is 1. The van der Waals surface area contributed by atoms with Crippen LogP contribution in [0.15, 0.2) is 71.6 Å². The molecule has 9 heteroatoms. The number of nitrogens with one attached hydrogen (secondary N) is 1. The zero-order valence-electron chi connectivity index (χ0n) is 18.2. The van der Waals surface area contributed by atoms with Gasteiger partial charge in [0.25, 0.3) is 0 Å². The third-order valence-electron chi connectivity index (χ3n) is 5.54. The number of rotatable bonds is 5. The van der Waals surface area contributed by atoms with Gasteiger partial charge in [0.1, 0.15) is 0 Å². The molecule has 1 fully saturated rings. The van der Waals surface area contributed by atoms with Gasteiger partial charge in [-0.25, -0.2) is 13.2 Å². The number of hydrogen-bond acceptors (Lipinski definition) is 5. The van der Waals surface area contributed by atoms with E-state index in [1.807, 2.05) is 0 Å². The molecule has 0 saturated carbocycles. The number of benzene rings is 3. The van der Waals surface area contributed by atoms with E-state index in [1.54, 1.807) is 42.5 Å².